The normalized spacial score (nSPS) is 11.2. The molecule has 392 valence electrons. The van der Waals surface area contributed by atoms with Gasteiger partial charge in [-0.15, -0.1) is 0 Å². The zero-order valence-electron chi connectivity index (χ0n) is 46.3. The van der Waals surface area contributed by atoms with Gasteiger partial charge in [0.2, 0.25) is 0 Å². The van der Waals surface area contributed by atoms with Crippen LogP contribution in [0.1, 0.15) is 40.0 Å². The molecule has 0 radical (unpaired) electrons. The summed E-state index contributed by atoms with van der Waals surface area (Å²) >= 11 is 0. The van der Waals surface area contributed by atoms with Gasteiger partial charge in [0, 0.05) is 72.4 Å². The second-order valence-corrected chi connectivity index (χ2v) is 20.9. The van der Waals surface area contributed by atoms with Crippen LogP contribution in [0.5, 0.6) is 0 Å². The minimum absolute atomic E-state index is 0.619. The summed E-state index contributed by atoms with van der Waals surface area (Å²) in [5.74, 6) is 1.86. The van der Waals surface area contributed by atoms with Crippen LogP contribution >= 0.6 is 0 Å². The highest BCUT2D eigenvalue weighted by Crippen LogP contribution is 2.34. The largest absolute Gasteiger partial charge is 0.208 e. The highest BCUT2D eigenvalue weighted by atomic mass is 15.0. The number of nitrogens with zero attached hydrogens (tertiary/aromatic N) is 6. The lowest BCUT2D eigenvalue weighted by molar-refractivity contribution is -0.697. The maximum atomic E-state index is 5.15. The summed E-state index contributed by atoms with van der Waals surface area (Å²) in [6.07, 6.45) is 16.3. The predicted octanol–water partition coefficient (Wildman–Crippen LogP) is 17.3. The van der Waals surface area contributed by atoms with E-state index in [1.165, 1.54) is 55.6 Å². The molecule has 4 heterocycles. The number of rotatable bonds is 17. The van der Waals surface area contributed by atoms with Crippen molar-refractivity contribution in [2.24, 2.45) is 0 Å². The van der Waals surface area contributed by atoms with Crippen molar-refractivity contribution in [3.63, 3.8) is 0 Å². The first-order valence-corrected chi connectivity index (χ1v) is 28.5. The van der Waals surface area contributed by atoms with Gasteiger partial charge >= 0.3 is 0 Å². The van der Waals surface area contributed by atoms with Crippen molar-refractivity contribution >= 4 is 0 Å². The number of pyridine rings is 3. The molecule has 6 nitrogen and oxygen atoms in total. The molecule has 4 aromatic heterocycles. The van der Waals surface area contributed by atoms with Crippen LogP contribution in [0.15, 0.2) is 268 Å². The van der Waals surface area contributed by atoms with E-state index in [1.807, 2.05) is 0 Å². The molecule has 6 heteroatoms. The molecule has 0 aliphatic rings. The number of hydrogen-bond acceptors (Lipinski definition) is 3. The smallest absolute Gasteiger partial charge is 0.169 e. The summed E-state index contributed by atoms with van der Waals surface area (Å²) in [5.41, 5.74) is 21.6. The van der Waals surface area contributed by atoms with Crippen molar-refractivity contribution in [1.29, 1.82) is 0 Å². The third-order valence-corrected chi connectivity index (χ3v) is 15.3. The van der Waals surface area contributed by atoms with E-state index in [0.717, 1.165) is 89.0 Å². The van der Waals surface area contributed by atoms with Gasteiger partial charge in [-0.3, -0.25) is 0 Å². The van der Waals surface area contributed by atoms with E-state index in [4.69, 9.17) is 15.0 Å². The van der Waals surface area contributed by atoms with Crippen LogP contribution < -0.4 is 13.7 Å². The zero-order chi connectivity index (χ0) is 54.9. The first-order chi connectivity index (χ1) is 39.9. The second kappa shape index (κ2) is 24.1. The topological polar surface area (TPSA) is 50.3 Å². The SMILES string of the molecule is CCC[n+]1ccc(-c2ccc(-c3ccc(-c4ccc(-c5nc(-c6ccc(-c7ccc(-c8ccc(-c9cc[n+](CCC)cc9)cc8)cc7)cc6)nc(-c6ccc(-c7ccc(-c8cc[n+](CCC)cc8)cc7)cc6)n5)cc4)cc3)cc2)cc1. The Kier molecular flexibility index (Phi) is 15.4. The monoisotopic (exact) mass is 1050 g/mol. The minimum Gasteiger partial charge on any atom is -0.208 e. The van der Waals surface area contributed by atoms with Gasteiger partial charge in [0.05, 0.1) is 0 Å². The van der Waals surface area contributed by atoms with Crippen LogP contribution in [-0.2, 0) is 19.6 Å². The molecule has 0 spiro atoms. The highest BCUT2D eigenvalue weighted by molar-refractivity contribution is 5.78. The quantitative estimate of drug-likeness (QED) is 0.0854. The molecule has 0 unspecified atom stereocenters. The van der Waals surface area contributed by atoms with Crippen molar-refractivity contribution in [1.82, 2.24) is 15.0 Å². The van der Waals surface area contributed by atoms with Gasteiger partial charge in [0.1, 0.15) is 19.6 Å². The highest BCUT2D eigenvalue weighted by Gasteiger charge is 2.15. The van der Waals surface area contributed by atoms with Gasteiger partial charge in [0.15, 0.2) is 54.7 Å². The molecule has 0 atom stereocenters. The molecule has 0 saturated heterocycles. The van der Waals surface area contributed by atoms with Crippen molar-refractivity contribution in [3.05, 3.63) is 268 Å². The van der Waals surface area contributed by atoms with E-state index in [9.17, 15) is 0 Å². The van der Waals surface area contributed by atoms with E-state index in [2.05, 4.69) is 302 Å². The maximum Gasteiger partial charge on any atom is 0.169 e. The van der Waals surface area contributed by atoms with Gasteiger partial charge in [-0.2, -0.15) is 0 Å². The van der Waals surface area contributed by atoms with Gasteiger partial charge in [-0.25, -0.2) is 28.7 Å². The Morgan fingerprint density at radius 1 is 0.185 bits per heavy atom. The van der Waals surface area contributed by atoms with Crippen LogP contribution in [0, 0.1) is 0 Å². The van der Waals surface area contributed by atoms with E-state index in [1.54, 1.807) is 0 Å². The van der Waals surface area contributed by atoms with Crippen molar-refractivity contribution < 1.29 is 13.7 Å². The van der Waals surface area contributed by atoms with Crippen LogP contribution in [0.3, 0.4) is 0 Å². The zero-order valence-corrected chi connectivity index (χ0v) is 46.3. The first kappa shape index (κ1) is 51.9. The summed E-state index contributed by atoms with van der Waals surface area (Å²) in [6.45, 7) is 9.69. The summed E-state index contributed by atoms with van der Waals surface area (Å²) < 4.78 is 6.69. The lowest BCUT2D eigenvalue weighted by atomic mass is 9.98. The van der Waals surface area contributed by atoms with E-state index < -0.39 is 0 Å². The predicted molar refractivity (Wildman–Crippen MR) is 331 cm³/mol. The van der Waals surface area contributed by atoms with Crippen LogP contribution in [-0.4, -0.2) is 15.0 Å². The average molecular weight is 1050 g/mol. The Labute approximate surface area is 476 Å². The number of aromatic nitrogens is 6. The Bertz CT molecular complexity index is 3810. The molecule has 12 rings (SSSR count). The van der Waals surface area contributed by atoms with Gasteiger partial charge in [-0.05, 0) is 89.0 Å². The molecular weight excluding hydrogens is 985 g/mol. The van der Waals surface area contributed by atoms with E-state index in [-0.39, 0.29) is 0 Å². The van der Waals surface area contributed by atoms with Gasteiger partial charge in [0.25, 0.3) is 0 Å². The standard InChI is InChI=1S/C75H65N6/c1-4-45-79-48-39-67(40-49-79)64-21-15-56(16-22-64)54-7-11-58(12-8-54)61-27-33-70(34-28-61)73-76-74(78-75(77-73)72-37-31-63(32-38-72)60-19-25-66(26-20-60)69-43-52-81(47-6-3)53-44-69)71-35-29-62(30-36-71)59-13-9-55(10-14-59)57-17-23-65(24-18-57)68-41-50-80(46-5-2)51-42-68/h7-44,48-53H,4-6,45-47H2,1-3H3/q+3. The lowest BCUT2D eigenvalue weighted by Crippen LogP contribution is -2.31. The molecular formula is C75H65N6+3. The molecule has 8 aromatic carbocycles. The fourth-order valence-corrected chi connectivity index (χ4v) is 10.6. The molecule has 0 aliphatic heterocycles. The summed E-state index contributed by atoms with van der Waals surface area (Å²) in [6, 6.07) is 83.0. The molecule has 0 bridgehead atoms. The molecule has 0 amide bonds. The fraction of sp³-hybridized carbons (Fsp3) is 0.120. The Morgan fingerprint density at radius 2 is 0.309 bits per heavy atom. The molecule has 81 heavy (non-hydrogen) atoms. The summed E-state index contributed by atoms with van der Waals surface area (Å²) in [7, 11) is 0. The van der Waals surface area contributed by atoms with Crippen molar-refractivity contribution in [2.45, 2.75) is 59.7 Å². The summed E-state index contributed by atoms with van der Waals surface area (Å²) in [4.78, 5) is 15.5. The lowest BCUT2D eigenvalue weighted by Gasteiger charge is -2.11. The van der Waals surface area contributed by atoms with Gasteiger partial charge in [-0.1, -0.05) is 215 Å². The Balaban J connectivity index is 0.791. The number of hydrogen-bond donors (Lipinski definition) is 0. The second-order valence-electron chi connectivity index (χ2n) is 20.9. The summed E-state index contributed by atoms with van der Waals surface area (Å²) in [5, 5.41) is 0. The number of benzene rings is 8. The van der Waals surface area contributed by atoms with E-state index >= 15 is 0 Å². The average Bonchev–Trinajstić information content (AvgIpc) is 3.58. The minimum atomic E-state index is 0.619. The first-order valence-electron chi connectivity index (χ1n) is 28.5. The molecule has 12 aromatic rings. The molecule has 0 fully saturated rings. The number of aryl methyl sites for hydroxylation is 3. The van der Waals surface area contributed by atoms with E-state index in [0.29, 0.717) is 17.5 Å². The third-order valence-electron chi connectivity index (χ3n) is 15.3. The van der Waals surface area contributed by atoms with Crippen LogP contribution in [0.25, 0.3) is 123 Å². The maximum absolute atomic E-state index is 5.15. The molecule has 0 saturated carbocycles. The third kappa shape index (κ3) is 12.0. The van der Waals surface area contributed by atoms with Crippen LogP contribution in [0.2, 0.25) is 0 Å². The molecule has 0 N–H and O–H groups in total. The molecule has 0 aliphatic carbocycles. The Morgan fingerprint density at radius 3 is 0.444 bits per heavy atom. The fourth-order valence-electron chi connectivity index (χ4n) is 10.6. The Hall–Kier alpha value is -9.78. The van der Waals surface area contributed by atoms with Gasteiger partial charge < -0.3 is 0 Å². The van der Waals surface area contributed by atoms with Crippen LogP contribution in [0.4, 0.5) is 0 Å². The van der Waals surface area contributed by atoms with Crippen molar-refractivity contribution in [3.8, 4) is 123 Å². The van der Waals surface area contributed by atoms with Crippen molar-refractivity contribution in [2.75, 3.05) is 0 Å².